The summed E-state index contributed by atoms with van der Waals surface area (Å²) in [4.78, 5) is 2.33. The van der Waals surface area contributed by atoms with Crippen LogP contribution in [0, 0.1) is 0 Å². The third-order valence-electron chi connectivity index (χ3n) is 3.22. The molecule has 3 nitrogen and oxygen atoms in total. The van der Waals surface area contributed by atoms with Crippen molar-refractivity contribution >= 4 is 5.69 Å². The summed E-state index contributed by atoms with van der Waals surface area (Å²) >= 11 is 0. The second kappa shape index (κ2) is 4.26. The summed E-state index contributed by atoms with van der Waals surface area (Å²) < 4.78 is 5.11. The third-order valence-corrected chi connectivity index (χ3v) is 3.22. The van der Waals surface area contributed by atoms with Gasteiger partial charge in [0.15, 0.2) is 0 Å². The van der Waals surface area contributed by atoms with Gasteiger partial charge in [-0.1, -0.05) is 18.2 Å². The van der Waals surface area contributed by atoms with Crippen LogP contribution >= 0.6 is 0 Å². The molecule has 1 aliphatic heterocycles. The van der Waals surface area contributed by atoms with E-state index in [9.17, 15) is 0 Å². The quantitative estimate of drug-likeness (QED) is 0.856. The summed E-state index contributed by atoms with van der Waals surface area (Å²) in [6, 6.07) is 10.7. The molecule has 2 N–H and O–H groups in total. The first-order valence-electron chi connectivity index (χ1n) is 5.92. The SMILES string of the molecule is NC1Cc2ccccc2N(Cc2ccoc2)C1. The standard InChI is InChI=1S/C14H16N2O/c15-13-7-12-3-1-2-4-14(12)16(9-13)8-11-5-6-17-10-11/h1-6,10,13H,7-9,15H2. The maximum absolute atomic E-state index is 6.10. The van der Waals surface area contributed by atoms with Crippen molar-refractivity contribution in [2.24, 2.45) is 5.73 Å². The summed E-state index contributed by atoms with van der Waals surface area (Å²) in [5.41, 5.74) is 9.94. The van der Waals surface area contributed by atoms with Crippen LogP contribution in [0.4, 0.5) is 5.69 Å². The number of furan rings is 1. The van der Waals surface area contributed by atoms with Gasteiger partial charge in [0.2, 0.25) is 0 Å². The van der Waals surface area contributed by atoms with Gasteiger partial charge in [0, 0.05) is 30.4 Å². The molecule has 1 aromatic heterocycles. The van der Waals surface area contributed by atoms with Gasteiger partial charge < -0.3 is 15.1 Å². The van der Waals surface area contributed by atoms with E-state index in [4.69, 9.17) is 10.2 Å². The molecule has 0 amide bonds. The minimum atomic E-state index is 0.219. The van der Waals surface area contributed by atoms with E-state index in [-0.39, 0.29) is 6.04 Å². The first-order chi connectivity index (χ1) is 8.33. The van der Waals surface area contributed by atoms with E-state index in [1.54, 1.807) is 12.5 Å². The van der Waals surface area contributed by atoms with Gasteiger partial charge in [0.1, 0.15) is 0 Å². The zero-order valence-electron chi connectivity index (χ0n) is 9.67. The number of para-hydroxylation sites is 1. The number of nitrogens with two attached hydrogens (primary N) is 1. The minimum Gasteiger partial charge on any atom is -0.472 e. The highest BCUT2D eigenvalue weighted by atomic mass is 16.3. The van der Waals surface area contributed by atoms with Gasteiger partial charge in [0.05, 0.1) is 12.5 Å². The first-order valence-corrected chi connectivity index (χ1v) is 5.92. The Balaban J connectivity index is 1.90. The Labute approximate surface area is 101 Å². The van der Waals surface area contributed by atoms with Gasteiger partial charge in [-0.15, -0.1) is 0 Å². The second-order valence-electron chi connectivity index (χ2n) is 4.61. The molecule has 2 aromatic rings. The molecule has 3 rings (SSSR count). The molecule has 1 aromatic carbocycles. The van der Waals surface area contributed by atoms with Crippen LogP contribution < -0.4 is 10.6 Å². The van der Waals surface area contributed by atoms with Crippen molar-refractivity contribution in [2.75, 3.05) is 11.4 Å². The van der Waals surface area contributed by atoms with Crippen LogP contribution in [0.15, 0.2) is 47.3 Å². The number of nitrogens with zero attached hydrogens (tertiary/aromatic N) is 1. The van der Waals surface area contributed by atoms with E-state index >= 15 is 0 Å². The lowest BCUT2D eigenvalue weighted by Crippen LogP contribution is -2.42. The van der Waals surface area contributed by atoms with E-state index in [0.29, 0.717) is 0 Å². The molecule has 17 heavy (non-hydrogen) atoms. The Bertz CT molecular complexity index is 493. The van der Waals surface area contributed by atoms with E-state index in [0.717, 1.165) is 19.5 Å². The summed E-state index contributed by atoms with van der Waals surface area (Å²) in [5, 5.41) is 0. The summed E-state index contributed by atoms with van der Waals surface area (Å²) in [5.74, 6) is 0. The Morgan fingerprint density at radius 1 is 1.29 bits per heavy atom. The van der Waals surface area contributed by atoms with Crippen molar-refractivity contribution in [2.45, 2.75) is 19.0 Å². The summed E-state index contributed by atoms with van der Waals surface area (Å²) in [6.07, 6.45) is 4.48. The number of fused-ring (bicyclic) bond motifs is 1. The van der Waals surface area contributed by atoms with Crippen molar-refractivity contribution in [1.82, 2.24) is 0 Å². The third kappa shape index (κ3) is 2.06. The van der Waals surface area contributed by atoms with E-state index in [2.05, 4.69) is 29.2 Å². The molecule has 0 radical (unpaired) electrons. The Morgan fingerprint density at radius 3 is 3.00 bits per heavy atom. The van der Waals surface area contributed by atoms with Gasteiger partial charge in [0.25, 0.3) is 0 Å². The molecule has 0 aliphatic carbocycles. The van der Waals surface area contributed by atoms with Crippen molar-refractivity contribution in [3.8, 4) is 0 Å². The van der Waals surface area contributed by atoms with Crippen molar-refractivity contribution in [3.05, 3.63) is 54.0 Å². The monoisotopic (exact) mass is 228 g/mol. The molecule has 3 heteroatoms. The van der Waals surface area contributed by atoms with Crippen LogP contribution in [0.25, 0.3) is 0 Å². The molecule has 0 fully saturated rings. The Morgan fingerprint density at radius 2 is 2.18 bits per heavy atom. The minimum absolute atomic E-state index is 0.219. The lowest BCUT2D eigenvalue weighted by molar-refractivity contribution is 0.559. The summed E-state index contributed by atoms with van der Waals surface area (Å²) in [7, 11) is 0. The topological polar surface area (TPSA) is 42.4 Å². The highest BCUT2D eigenvalue weighted by Gasteiger charge is 2.21. The Hall–Kier alpha value is -1.74. The highest BCUT2D eigenvalue weighted by Crippen LogP contribution is 2.27. The number of rotatable bonds is 2. The average molecular weight is 228 g/mol. The molecule has 1 atom stereocenters. The van der Waals surface area contributed by atoms with E-state index in [1.807, 2.05) is 6.07 Å². The molecule has 0 spiro atoms. The number of benzene rings is 1. The van der Waals surface area contributed by atoms with Crippen LogP contribution in [-0.4, -0.2) is 12.6 Å². The van der Waals surface area contributed by atoms with Gasteiger partial charge in [-0.25, -0.2) is 0 Å². The Kier molecular flexibility index (Phi) is 2.61. The molecular formula is C14H16N2O. The largest absolute Gasteiger partial charge is 0.472 e. The maximum Gasteiger partial charge on any atom is 0.0952 e. The van der Waals surface area contributed by atoms with Crippen LogP contribution in [-0.2, 0) is 13.0 Å². The predicted molar refractivity (Wildman–Crippen MR) is 67.9 cm³/mol. The number of anilines is 1. The number of hydrogen-bond donors (Lipinski definition) is 1. The van der Waals surface area contributed by atoms with Crippen molar-refractivity contribution in [1.29, 1.82) is 0 Å². The van der Waals surface area contributed by atoms with E-state index < -0.39 is 0 Å². The fourth-order valence-electron chi connectivity index (χ4n) is 2.47. The molecule has 1 aliphatic rings. The van der Waals surface area contributed by atoms with Gasteiger partial charge >= 0.3 is 0 Å². The lowest BCUT2D eigenvalue weighted by Gasteiger charge is -2.34. The zero-order valence-corrected chi connectivity index (χ0v) is 9.67. The van der Waals surface area contributed by atoms with Crippen LogP contribution in [0.2, 0.25) is 0 Å². The van der Waals surface area contributed by atoms with Gasteiger partial charge in [-0.2, -0.15) is 0 Å². The van der Waals surface area contributed by atoms with Crippen LogP contribution in [0.5, 0.6) is 0 Å². The van der Waals surface area contributed by atoms with Crippen LogP contribution in [0.3, 0.4) is 0 Å². The first kappa shape index (κ1) is 10.4. The van der Waals surface area contributed by atoms with Crippen molar-refractivity contribution in [3.63, 3.8) is 0 Å². The summed E-state index contributed by atoms with van der Waals surface area (Å²) in [6.45, 7) is 1.77. The molecule has 1 unspecified atom stereocenters. The zero-order chi connectivity index (χ0) is 11.7. The molecule has 0 saturated heterocycles. The lowest BCUT2D eigenvalue weighted by atomic mass is 9.98. The normalized spacial score (nSPS) is 19.1. The van der Waals surface area contributed by atoms with Crippen molar-refractivity contribution < 1.29 is 4.42 Å². The number of hydrogen-bond acceptors (Lipinski definition) is 3. The molecule has 2 heterocycles. The van der Waals surface area contributed by atoms with Crippen LogP contribution in [0.1, 0.15) is 11.1 Å². The molecule has 88 valence electrons. The molecule has 0 saturated carbocycles. The molecular weight excluding hydrogens is 212 g/mol. The second-order valence-corrected chi connectivity index (χ2v) is 4.61. The average Bonchev–Trinajstić information content (AvgIpc) is 2.81. The van der Waals surface area contributed by atoms with Gasteiger partial charge in [-0.3, -0.25) is 0 Å². The molecule has 0 bridgehead atoms. The fourth-order valence-corrected chi connectivity index (χ4v) is 2.47. The predicted octanol–water partition coefficient (Wildman–Crippen LogP) is 2.17. The van der Waals surface area contributed by atoms with Gasteiger partial charge in [-0.05, 0) is 24.1 Å². The maximum atomic E-state index is 6.10. The fraction of sp³-hybridized carbons (Fsp3) is 0.286. The highest BCUT2D eigenvalue weighted by molar-refractivity contribution is 5.56. The van der Waals surface area contributed by atoms with E-state index in [1.165, 1.54) is 16.8 Å². The smallest absolute Gasteiger partial charge is 0.0952 e.